The molecule has 0 spiro atoms. The monoisotopic (exact) mass is 290 g/mol. The molecule has 0 radical (unpaired) electrons. The van der Waals surface area contributed by atoms with Gasteiger partial charge in [-0.15, -0.1) is 0 Å². The third-order valence-corrected chi connectivity index (χ3v) is 4.98. The molecule has 1 amide bonds. The number of carbonyl (C=O) groups is 1. The molecule has 1 saturated carbocycles. The van der Waals surface area contributed by atoms with Crippen molar-refractivity contribution in [3.8, 4) is 6.07 Å². The molecule has 1 aromatic carbocycles. The fourth-order valence-corrected chi connectivity index (χ4v) is 3.64. The van der Waals surface area contributed by atoms with E-state index in [9.17, 15) is 9.90 Å². The highest BCUT2D eigenvalue weighted by atomic mass is 35.5. The van der Waals surface area contributed by atoms with Crippen LogP contribution in [0.25, 0.3) is 0 Å². The Hall–Kier alpha value is -1.57. The van der Waals surface area contributed by atoms with Crippen molar-refractivity contribution in [2.45, 2.75) is 38.3 Å². The molecule has 1 unspecified atom stereocenters. The van der Waals surface area contributed by atoms with E-state index in [4.69, 9.17) is 16.9 Å². The average Bonchev–Trinajstić information content (AvgIpc) is 2.93. The normalized spacial score (nSPS) is 28.6. The highest BCUT2D eigenvalue weighted by Crippen LogP contribution is 2.43. The minimum atomic E-state index is -0.386. The molecule has 1 aliphatic carbocycles. The maximum absolute atomic E-state index is 12.3. The first-order chi connectivity index (χ1) is 9.54. The third kappa shape index (κ3) is 1.81. The lowest BCUT2D eigenvalue weighted by molar-refractivity contribution is -0.117. The van der Waals surface area contributed by atoms with Crippen molar-refractivity contribution in [1.82, 2.24) is 0 Å². The van der Waals surface area contributed by atoms with Crippen LogP contribution in [0, 0.1) is 24.2 Å². The molecule has 3 atom stereocenters. The maximum Gasteiger partial charge on any atom is 0.227 e. The van der Waals surface area contributed by atoms with Crippen LogP contribution in [0.1, 0.15) is 30.4 Å². The van der Waals surface area contributed by atoms with Gasteiger partial charge in [-0.1, -0.05) is 11.6 Å². The summed E-state index contributed by atoms with van der Waals surface area (Å²) in [5.74, 6) is 0.0546. The van der Waals surface area contributed by atoms with Gasteiger partial charge in [-0.25, -0.2) is 0 Å². The fraction of sp³-hybridized carbons (Fsp3) is 0.467. The zero-order chi connectivity index (χ0) is 14.4. The number of benzene rings is 1. The van der Waals surface area contributed by atoms with Gasteiger partial charge < -0.3 is 10.0 Å². The van der Waals surface area contributed by atoms with Crippen molar-refractivity contribution in [3.05, 3.63) is 28.3 Å². The number of hydrogen-bond donors (Lipinski definition) is 1. The molecule has 1 aromatic rings. The van der Waals surface area contributed by atoms with Crippen LogP contribution in [0.3, 0.4) is 0 Å². The van der Waals surface area contributed by atoms with E-state index in [1.165, 1.54) is 0 Å². The topological polar surface area (TPSA) is 64.3 Å². The summed E-state index contributed by atoms with van der Waals surface area (Å²) in [4.78, 5) is 14.0. The van der Waals surface area contributed by atoms with Crippen LogP contribution in [0.4, 0.5) is 5.69 Å². The quantitative estimate of drug-likeness (QED) is 0.864. The van der Waals surface area contributed by atoms with Gasteiger partial charge >= 0.3 is 0 Å². The number of hydrogen-bond acceptors (Lipinski definition) is 3. The highest BCUT2D eigenvalue weighted by molar-refractivity contribution is 6.33. The van der Waals surface area contributed by atoms with E-state index in [1.54, 1.807) is 17.0 Å². The van der Waals surface area contributed by atoms with Gasteiger partial charge in [0.25, 0.3) is 0 Å². The second kappa shape index (κ2) is 4.76. The van der Waals surface area contributed by atoms with Crippen molar-refractivity contribution in [2.24, 2.45) is 5.92 Å². The van der Waals surface area contributed by atoms with Gasteiger partial charge in [-0.05, 0) is 37.5 Å². The average molecular weight is 291 g/mol. The van der Waals surface area contributed by atoms with Gasteiger partial charge in [0, 0.05) is 24.1 Å². The standard InChI is InChI=1S/C15H15ClN2O2/c1-8-11(3-2-9(7-17)15(8)16)18-12-4-5-13(19)10(12)6-14(18)20/h2-3,10,12-13,19H,4-6H2,1H3/t10-,12-,13?/m0/s1. The Morgan fingerprint density at radius 1 is 1.45 bits per heavy atom. The lowest BCUT2D eigenvalue weighted by Crippen LogP contribution is -2.34. The summed E-state index contributed by atoms with van der Waals surface area (Å²) < 4.78 is 0. The second-order valence-corrected chi connectivity index (χ2v) is 5.90. The van der Waals surface area contributed by atoms with Crippen LogP contribution in [-0.4, -0.2) is 23.2 Å². The molecule has 0 bridgehead atoms. The summed E-state index contributed by atoms with van der Waals surface area (Å²) in [5, 5.41) is 19.3. The molecule has 1 N–H and O–H groups in total. The van der Waals surface area contributed by atoms with Crippen LogP contribution in [0.15, 0.2) is 12.1 Å². The molecule has 104 valence electrons. The van der Waals surface area contributed by atoms with Crippen molar-refractivity contribution in [3.63, 3.8) is 0 Å². The van der Waals surface area contributed by atoms with Crippen LogP contribution in [0.2, 0.25) is 5.02 Å². The highest BCUT2D eigenvalue weighted by Gasteiger charge is 2.48. The van der Waals surface area contributed by atoms with Crippen molar-refractivity contribution >= 4 is 23.2 Å². The number of anilines is 1. The molecule has 2 fully saturated rings. The van der Waals surface area contributed by atoms with Crippen LogP contribution in [0.5, 0.6) is 0 Å². The Labute approximate surface area is 122 Å². The Bertz CT molecular complexity index is 623. The molecule has 1 saturated heterocycles. The van der Waals surface area contributed by atoms with Crippen molar-refractivity contribution in [2.75, 3.05) is 4.90 Å². The predicted octanol–water partition coefficient (Wildman–Crippen LogP) is 2.40. The molecule has 4 nitrogen and oxygen atoms in total. The van der Waals surface area contributed by atoms with E-state index in [-0.39, 0.29) is 24.0 Å². The Balaban J connectivity index is 2.04. The molecule has 0 aromatic heterocycles. The summed E-state index contributed by atoms with van der Waals surface area (Å²) in [7, 11) is 0. The number of carbonyl (C=O) groups excluding carboxylic acids is 1. The number of halogens is 1. The summed E-state index contributed by atoms with van der Waals surface area (Å²) in [6.07, 6.45) is 1.56. The van der Waals surface area contributed by atoms with E-state index in [0.717, 1.165) is 24.1 Å². The minimum absolute atomic E-state index is 0.0244. The summed E-state index contributed by atoms with van der Waals surface area (Å²) in [5.41, 5.74) is 1.93. The van der Waals surface area contributed by atoms with Crippen molar-refractivity contribution in [1.29, 1.82) is 5.26 Å². The van der Waals surface area contributed by atoms with Gasteiger partial charge in [0.15, 0.2) is 0 Å². The van der Waals surface area contributed by atoms with Gasteiger partial charge in [-0.3, -0.25) is 4.79 Å². The SMILES string of the molecule is Cc1c(N2C(=O)C[C@@H]3C(O)CC[C@@H]32)ccc(C#N)c1Cl. The lowest BCUT2D eigenvalue weighted by Gasteiger charge is -2.26. The Morgan fingerprint density at radius 3 is 2.90 bits per heavy atom. The largest absolute Gasteiger partial charge is 0.393 e. The van der Waals surface area contributed by atoms with Gasteiger partial charge in [0.2, 0.25) is 5.91 Å². The molecule has 1 aliphatic heterocycles. The number of nitrogens with zero attached hydrogens (tertiary/aromatic N) is 2. The van der Waals surface area contributed by atoms with E-state index in [0.29, 0.717) is 17.0 Å². The summed E-state index contributed by atoms with van der Waals surface area (Å²) in [6, 6.07) is 5.53. The van der Waals surface area contributed by atoms with E-state index in [1.807, 2.05) is 13.0 Å². The molecule has 20 heavy (non-hydrogen) atoms. The smallest absolute Gasteiger partial charge is 0.227 e. The number of aliphatic hydroxyl groups excluding tert-OH is 1. The van der Waals surface area contributed by atoms with Crippen LogP contribution >= 0.6 is 11.6 Å². The molecule has 5 heteroatoms. The first-order valence-electron chi connectivity index (χ1n) is 6.74. The molecular formula is C15H15ClN2O2. The van der Waals surface area contributed by atoms with E-state index < -0.39 is 0 Å². The minimum Gasteiger partial charge on any atom is -0.393 e. The molecular weight excluding hydrogens is 276 g/mol. The zero-order valence-corrected chi connectivity index (χ0v) is 11.9. The van der Waals surface area contributed by atoms with E-state index in [2.05, 4.69) is 0 Å². The molecule has 3 rings (SSSR count). The number of fused-ring (bicyclic) bond motifs is 1. The van der Waals surface area contributed by atoms with Gasteiger partial charge in [-0.2, -0.15) is 5.26 Å². The summed E-state index contributed by atoms with van der Waals surface area (Å²) in [6.45, 7) is 1.82. The first kappa shape index (κ1) is 13.4. The number of amides is 1. The van der Waals surface area contributed by atoms with Crippen molar-refractivity contribution < 1.29 is 9.90 Å². The predicted molar refractivity (Wildman–Crippen MR) is 75.5 cm³/mol. The maximum atomic E-state index is 12.3. The van der Waals surface area contributed by atoms with Crippen LogP contribution < -0.4 is 4.90 Å². The van der Waals surface area contributed by atoms with Gasteiger partial charge in [0.1, 0.15) is 6.07 Å². The van der Waals surface area contributed by atoms with Gasteiger partial charge in [0.05, 0.1) is 16.7 Å². The summed E-state index contributed by atoms with van der Waals surface area (Å²) >= 11 is 6.19. The molecule has 2 aliphatic rings. The number of rotatable bonds is 1. The zero-order valence-electron chi connectivity index (χ0n) is 11.1. The lowest BCUT2D eigenvalue weighted by atomic mass is 10.0. The van der Waals surface area contributed by atoms with Crippen LogP contribution in [-0.2, 0) is 4.79 Å². The number of aliphatic hydroxyl groups is 1. The number of nitriles is 1. The Morgan fingerprint density at radius 2 is 2.20 bits per heavy atom. The Kier molecular flexibility index (Phi) is 3.19. The van der Waals surface area contributed by atoms with E-state index >= 15 is 0 Å². The third-order valence-electron chi connectivity index (χ3n) is 4.50. The second-order valence-electron chi connectivity index (χ2n) is 5.53. The molecule has 1 heterocycles. The first-order valence-corrected chi connectivity index (χ1v) is 7.11. The fourth-order valence-electron chi connectivity index (χ4n) is 3.44.